The molecule has 1 aromatic heterocycles. The molecule has 66 valence electrons. The van der Waals surface area contributed by atoms with E-state index in [0.29, 0.717) is 0 Å². The van der Waals surface area contributed by atoms with Crippen molar-refractivity contribution in [2.45, 2.75) is 31.7 Å². The van der Waals surface area contributed by atoms with E-state index >= 15 is 0 Å². The van der Waals surface area contributed by atoms with Crippen LogP contribution in [0, 0.1) is 0 Å². The summed E-state index contributed by atoms with van der Waals surface area (Å²) in [5.41, 5.74) is 1.52. The van der Waals surface area contributed by atoms with Crippen molar-refractivity contribution in [3.8, 4) is 0 Å². The number of hydrogen-bond acceptors (Lipinski definition) is 2. The molecular formula is C10H15NO. The molecule has 0 bridgehead atoms. The number of rotatable bonds is 2. The molecule has 2 heteroatoms. The summed E-state index contributed by atoms with van der Waals surface area (Å²) in [5.74, 6) is 0. The van der Waals surface area contributed by atoms with E-state index in [0.717, 1.165) is 13.0 Å². The van der Waals surface area contributed by atoms with Crippen LogP contribution in [-0.2, 0) is 5.54 Å². The van der Waals surface area contributed by atoms with Crippen LogP contribution in [0.5, 0.6) is 0 Å². The first-order valence-corrected chi connectivity index (χ1v) is 4.65. The first-order chi connectivity index (χ1) is 5.87. The highest BCUT2D eigenvalue weighted by atomic mass is 16.3. The average Bonchev–Trinajstić information content (AvgIpc) is 2.76. The van der Waals surface area contributed by atoms with E-state index in [2.05, 4.69) is 18.3 Å². The molecule has 1 saturated heterocycles. The molecule has 1 N–H and O–H groups in total. The van der Waals surface area contributed by atoms with Gasteiger partial charge in [0.25, 0.3) is 0 Å². The van der Waals surface area contributed by atoms with Gasteiger partial charge in [-0.3, -0.25) is 0 Å². The zero-order valence-electron chi connectivity index (χ0n) is 7.47. The van der Waals surface area contributed by atoms with Crippen LogP contribution in [0.3, 0.4) is 0 Å². The van der Waals surface area contributed by atoms with E-state index in [9.17, 15) is 0 Å². The Morgan fingerprint density at radius 2 is 2.58 bits per heavy atom. The van der Waals surface area contributed by atoms with Gasteiger partial charge in [-0.15, -0.1) is 0 Å². The van der Waals surface area contributed by atoms with Gasteiger partial charge in [-0.1, -0.05) is 6.92 Å². The molecule has 1 aliphatic rings. The molecule has 0 aliphatic carbocycles. The molecule has 1 atom stereocenters. The molecule has 2 nitrogen and oxygen atoms in total. The van der Waals surface area contributed by atoms with Gasteiger partial charge >= 0.3 is 0 Å². The van der Waals surface area contributed by atoms with Crippen LogP contribution in [0.15, 0.2) is 23.0 Å². The van der Waals surface area contributed by atoms with Crippen LogP contribution < -0.4 is 5.32 Å². The molecule has 1 aromatic rings. The highest BCUT2D eigenvalue weighted by Crippen LogP contribution is 2.33. The van der Waals surface area contributed by atoms with Gasteiger partial charge < -0.3 is 9.73 Å². The summed E-state index contributed by atoms with van der Waals surface area (Å²) in [6, 6.07) is 2.07. The van der Waals surface area contributed by atoms with Gasteiger partial charge in [-0.25, -0.2) is 0 Å². The van der Waals surface area contributed by atoms with Gasteiger partial charge in [0.2, 0.25) is 0 Å². The van der Waals surface area contributed by atoms with Crippen molar-refractivity contribution >= 4 is 0 Å². The molecular weight excluding hydrogens is 150 g/mol. The Morgan fingerprint density at radius 3 is 3.08 bits per heavy atom. The maximum Gasteiger partial charge on any atom is 0.0953 e. The minimum Gasteiger partial charge on any atom is -0.472 e. The minimum atomic E-state index is 0.215. The predicted octanol–water partition coefficient (Wildman–Crippen LogP) is 2.27. The van der Waals surface area contributed by atoms with Gasteiger partial charge in [0, 0.05) is 11.1 Å². The molecule has 0 radical (unpaired) electrons. The van der Waals surface area contributed by atoms with Crippen molar-refractivity contribution in [3.63, 3.8) is 0 Å². The standard InChI is InChI=1S/C10H15NO/c1-2-10(5-3-6-11-10)9-4-7-12-8-9/h4,7-8,11H,2-3,5-6H2,1H3. The van der Waals surface area contributed by atoms with Crippen molar-refractivity contribution in [2.75, 3.05) is 6.54 Å². The van der Waals surface area contributed by atoms with E-state index < -0.39 is 0 Å². The second kappa shape index (κ2) is 2.94. The lowest BCUT2D eigenvalue weighted by Gasteiger charge is -2.26. The molecule has 2 rings (SSSR count). The number of nitrogens with one attached hydrogen (secondary N) is 1. The Labute approximate surface area is 73.0 Å². The van der Waals surface area contributed by atoms with Gasteiger partial charge in [0.1, 0.15) is 0 Å². The first-order valence-electron chi connectivity index (χ1n) is 4.65. The summed E-state index contributed by atoms with van der Waals surface area (Å²) < 4.78 is 5.11. The zero-order valence-corrected chi connectivity index (χ0v) is 7.47. The van der Waals surface area contributed by atoms with Crippen molar-refractivity contribution in [1.82, 2.24) is 5.32 Å². The van der Waals surface area contributed by atoms with Crippen molar-refractivity contribution in [2.24, 2.45) is 0 Å². The van der Waals surface area contributed by atoms with Crippen LogP contribution in [0.25, 0.3) is 0 Å². The fourth-order valence-corrected chi connectivity index (χ4v) is 2.10. The largest absolute Gasteiger partial charge is 0.472 e. The molecule has 1 unspecified atom stereocenters. The Balaban J connectivity index is 2.28. The lowest BCUT2D eigenvalue weighted by Crippen LogP contribution is -2.35. The molecule has 0 amide bonds. The Kier molecular flexibility index (Phi) is 1.93. The lowest BCUT2D eigenvalue weighted by atomic mass is 9.88. The second-order valence-corrected chi connectivity index (χ2v) is 3.48. The average molecular weight is 165 g/mol. The summed E-state index contributed by atoms with van der Waals surface area (Å²) in [6.07, 6.45) is 7.28. The third kappa shape index (κ3) is 1.07. The molecule has 12 heavy (non-hydrogen) atoms. The molecule has 0 saturated carbocycles. The fourth-order valence-electron chi connectivity index (χ4n) is 2.10. The monoisotopic (exact) mass is 165 g/mol. The van der Waals surface area contributed by atoms with E-state index in [1.54, 1.807) is 6.26 Å². The van der Waals surface area contributed by atoms with Gasteiger partial charge in [0.05, 0.1) is 12.5 Å². The summed E-state index contributed by atoms with van der Waals surface area (Å²) in [6.45, 7) is 3.37. The molecule has 2 heterocycles. The fraction of sp³-hybridized carbons (Fsp3) is 0.600. The van der Waals surface area contributed by atoms with Crippen LogP contribution in [-0.4, -0.2) is 6.54 Å². The maximum atomic E-state index is 5.11. The summed E-state index contributed by atoms with van der Waals surface area (Å²) in [5, 5.41) is 3.56. The van der Waals surface area contributed by atoms with Crippen molar-refractivity contribution < 1.29 is 4.42 Å². The number of hydrogen-bond donors (Lipinski definition) is 1. The van der Waals surface area contributed by atoms with Crippen LogP contribution in [0.2, 0.25) is 0 Å². The summed E-state index contributed by atoms with van der Waals surface area (Å²) in [4.78, 5) is 0. The van der Waals surface area contributed by atoms with E-state index in [-0.39, 0.29) is 5.54 Å². The van der Waals surface area contributed by atoms with Gasteiger partial charge in [-0.05, 0) is 31.9 Å². The predicted molar refractivity (Wildman–Crippen MR) is 47.9 cm³/mol. The topological polar surface area (TPSA) is 25.2 Å². The molecule has 1 aliphatic heterocycles. The van der Waals surface area contributed by atoms with Crippen LogP contribution in [0.4, 0.5) is 0 Å². The quantitative estimate of drug-likeness (QED) is 0.727. The highest BCUT2D eigenvalue weighted by Gasteiger charge is 2.33. The zero-order chi connectivity index (χ0) is 8.44. The van der Waals surface area contributed by atoms with E-state index in [1.807, 2.05) is 6.26 Å². The SMILES string of the molecule is CCC1(c2ccoc2)CCCN1. The minimum absolute atomic E-state index is 0.215. The maximum absolute atomic E-state index is 5.11. The molecule has 0 aromatic carbocycles. The highest BCUT2D eigenvalue weighted by molar-refractivity contribution is 5.20. The Bertz CT molecular complexity index is 234. The Morgan fingerprint density at radius 1 is 1.67 bits per heavy atom. The first kappa shape index (κ1) is 7.87. The number of furan rings is 1. The molecule has 0 spiro atoms. The van der Waals surface area contributed by atoms with Gasteiger partial charge in [-0.2, -0.15) is 0 Å². The van der Waals surface area contributed by atoms with E-state index in [1.165, 1.54) is 18.4 Å². The van der Waals surface area contributed by atoms with Crippen molar-refractivity contribution in [1.29, 1.82) is 0 Å². The normalized spacial score (nSPS) is 29.4. The molecule has 1 fully saturated rings. The Hall–Kier alpha value is -0.760. The third-order valence-corrected chi connectivity index (χ3v) is 2.92. The van der Waals surface area contributed by atoms with Crippen LogP contribution >= 0.6 is 0 Å². The third-order valence-electron chi connectivity index (χ3n) is 2.92. The van der Waals surface area contributed by atoms with Crippen molar-refractivity contribution in [3.05, 3.63) is 24.2 Å². The second-order valence-electron chi connectivity index (χ2n) is 3.48. The smallest absolute Gasteiger partial charge is 0.0953 e. The lowest BCUT2D eigenvalue weighted by molar-refractivity contribution is 0.371. The summed E-state index contributed by atoms with van der Waals surface area (Å²) >= 11 is 0. The van der Waals surface area contributed by atoms with Gasteiger partial charge in [0.15, 0.2) is 0 Å². The van der Waals surface area contributed by atoms with E-state index in [4.69, 9.17) is 4.42 Å². The van der Waals surface area contributed by atoms with Crippen LogP contribution in [0.1, 0.15) is 31.7 Å². The summed E-state index contributed by atoms with van der Waals surface area (Å²) in [7, 11) is 0.